The average molecular weight is 203 g/mol. The van der Waals surface area contributed by atoms with Gasteiger partial charge in [-0.25, -0.2) is 0 Å². The van der Waals surface area contributed by atoms with Gasteiger partial charge in [0.05, 0.1) is 11.3 Å². The first-order valence-electron chi connectivity index (χ1n) is 4.43. The Morgan fingerprint density at radius 1 is 1.33 bits per heavy atom. The van der Waals surface area contributed by atoms with E-state index in [0.29, 0.717) is 5.56 Å². The number of nitrogens with zero attached hydrogens (tertiary/aromatic N) is 2. The lowest BCUT2D eigenvalue weighted by atomic mass is 10.1. The second-order valence-electron chi connectivity index (χ2n) is 3.25. The molecule has 0 radical (unpaired) electrons. The van der Waals surface area contributed by atoms with E-state index >= 15 is 0 Å². The molecule has 1 aromatic carbocycles. The number of aromatic amines is 1. The van der Waals surface area contributed by atoms with Crippen LogP contribution in [0.3, 0.4) is 0 Å². The van der Waals surface area contributed by atoms with E-state index in [1.165, 1.54) is 6.20 Å². The monoisotopic (exact) mass is 203 g/mol. The number of benzene rings is 1. The summed E-state index contributed by atoms with van der Waals surface area (Å²) >= 11 is 0. The lowest BCUT2D eigenvalue weighted by Gasteiger charge is -1.98. The van der Waals surface area contributed by atoms with Crippen LogP contribution in [0.25, 0.3) is 11.1 Å². The van der Waals surface area contributed by atoms with Gasteiger partial charge in [0.1, 0.15) is 5.56 Å². The largest absolute Gasteiger partial charge is 0.397 e. The van der Waals surface area contributed by atoms with Crippen LogP contribution in [-0.2, 0) is 0 Å². The number of hydrogen-bond acceptors (Lipinski definition) is 3. The van der Waals surface area contributed by atoms with Crippen molar-refractivity contribution in [1.82, 2.24) is 10.2 Å². The zero-order valence-corrected chi connectivity index (χ0v) is 8.10. The summed E-state index contributed by atoms with van der Waals surface area (Å²) in [5.41, 5.74) is 2.42. The van der Waals surface area contributed by atoms with Crippen LogP contribution in [0, 0.1) is 17.0 Å². The van der Waals surface area contributed by atoms with Gasteiger partial charge in [0.2, 0.25) is 0 Å². The Bertz CT molecular complexity index is 488. The van der Waals surface area contributed by atoms with Crippen molar-refractivity contribution in [3.63, 3.8) is 0 Å². The fourth-order valence-corrected chi connectivity index (χ4v) is 1.37. The van der Waals surface area contributed by atoms with Gasteiger partial charge >= 0.3 is 5.82 Å². The van der Waals surface area contributed by atoms with E-state index < -0.39 is 4.92 Å². The maximum absolute atomic E-state index is 10.6. The first-order chi connectivity index (χ1) is 7.18. The highest BCUT2D eigenvalue weighted by molar-refractivity contribution is 5.70. The van der Waals surface area contributed by atoms with Crippen LogP contribution in [-0.4, -0.2) is 15.1 Å². The van der Waals surface area contributed by atoms with Crippen molar-refractivity contribution in [2.45, 2.75) is 6.92 Å². The third-order valence-electron chi connectivity index (χ3n) is 2.16. The molecule has 2 aromatic rings. The van der Waals surface area contributed by atoms with Gasteiger partial charge in [-0.3, -0.25) is 0 Å². The number of nitro groups is 1. The van der Waals surface area contributed by atoms with Crippen LogP contribution < -0.4 is 0 Å². The van der Waals surface area contributed by atoms with E-state index in [-0.39, 0.29) is 5.82 Å². The van der Waals surface area contributed by atoms with E-state index in [4.69, 9.17) is 0 Å². The summed E-state index contributed by atoms with van der Waals surface area (Å²) in [5.74, 6) is -0.140. The Morgan fingerprint density at radius 3 is 2.60 bits per heavy atom. The minimum atomic E-state index is -0.494. The van der Waals surface area contributed by atoms with Crippen molar-refractivity contribution >= 4 is 5.82 Å². The number of aryl methyl sites for hydroxylation is 1. The van der Waals surface area contributed by atoms with Crippen molar-refractivity contribution in [3.05, 3.63) is 46.1 Å². The summed E-state index contributed by atoms with van der Waals surface area (Å²) in [4.78, 5) is 10.2. The quantitative estimate of drug-likeness (QED) is 0.601. The molecule has 2 rings (SSSR count). The van der Waals surface area contributed by atoms with Gasteiger partial charge in [0.25, 0.3) is 0 Å². The van der Waals surface area contributed by atoms with Gasteiger partial charge in [0, 0.05) is 0 Å². The smallest absolute Gasteiger partial charge is 0.358 e. The van der Waals surface area contributed by atoms with E-state index in [9.17, 15) is 10.1 Å². The molecule has 1 N–H and O–H groups in total. The molecule has 0 unspecified atom stereocenters. The van der Waals surface area contributed by atoms with Gasteiger partial charge in [-0.2, -0.15) is 5.10 Å². The third kappa shape index (κ3) is 1.71. The lowest BCUT2D eigenvalue weighted by Crippen LogP contribution is -1.90. The minimum absolute atomic E-state index is 0.140. The average Bonchev–Trinajstić information content (AvgIpc) is 2.67. The summed E-state index contributed by atoms with van der Waals surface area (Å²) in [6.07, 6.45) is 1.53. The summed E-state index contributed by atoms with van der Waals surface area (Å²) in [6, 6.07) is 7.50. The molecule has 0 amide bonds. The third-order valence-corrected chi connectivity index (χ3v) is 2.16. The molecule has 5 nitrogen and oxygen atoms in total. The molecule has 0 aliphatic heterocycles. The highest BCUT2D eigenvalue weighted by atomic mass is 16.6. The Kier molecular flexibility index (Phi) is 2.21. The molecule has 1 aromatic heterocycles. The van der Waals surface area contributed by atoms with Crippen LogP contribution in [0.4, 0.5) is 5.82 Å². The van der Waals surface area contributed by atoms with Crippen LogP contribution >= 0.6 is 0 Å². The van der Waals surface area contributed by atoms with Gasteiger partial charge in [-0.1, -0.05) is 29.8 Å². The van der Waals surface area contributed by atoms with Crippen LogP contribution in [0.1, 0.15) is 5.56 Å². The zero-order chi connectivity index (χ0) is 10.8. The minimum Gasteiger partial charge on any atom is -0.358 e. The standard InChI is InChI=1S/C10H9N3O2/c1-7-2-4-8(5-3-7)9-6-11-12-10(9)13(14)15/h2-6H,1H3,(H,11,12). The number of hydrogen-bond donors (Lipinski definition) is 1. The van der Waals surface area contributed by atoms with Crippen LogP contribution in [0.15, 0.2) is 30.5 Å². The predicted octanol–water partition coefficient (Wildman–Crippen LogP) is 2.29. The Morgan fingerprint density at radius 2 is 2.00 bits per heavy atom. The zero-order valence-electron chi connectivity index (χ0n) is 8.10. The van der Waals surface area contributed by atoms with Crippen molar-refractivity contribution < 1.29 is 4.92 Å². The molecule has 1 heterocycles. The number of rotatable bonds is 2. The molecule has 0 bridgehead atoms. The Labute approximate surface area is 85.9 Å². The Hall–Kier alpha value is -2.17. The molecule has 0 saturated heterocycles. The van der Waals surface area contributed by atoms with E-state index in [1.807, 2.05) is 31.2 Å². The fourth-order valence-electron chi connectivity index (χ4n) is 1.37. The molecule has 5 heteroatoms. The summed E-state index contributed by atoms with van der Waals surface area (Å²) in [5, 5.41) is 16.7. The van der Waals surface area contributed by atoms with Crippen molar-refractivity contribution in [2.75, 3.05) is 0 Å². The predicted molar refractivity (Wildman–Crippen MR) is 55.4 cm³/mol. The van der Waals surface area contributed by atoms with Crippen molar-refractivity contribution in [3.8, 4) is 11.1 Å². The molecular weight excluding hydrogens is 194 g/mol. The van der Waals surface area contributed by atoms with Gasteiger partial charge < -0.3 is 10.1 Å². The normalized spacial score (nSPS) is 10.2. The molecule has 15 heavy (non-hydrogen) atoms. The molecule has 76 valence electrons. The van der Waals surface area contributed by atoms with Gasteiger partial charge in [0.15, 0.2) is 0 Å². The summed E-state index contributed by atoms with van der Waals surface area (Å²) < 4.78 is 0. The first kappa shape index (κ1) is 9.39. The summed E-state index contributed by atoms with van der Waals surface area (Å²) in [7, 11) is 0. The number of H-pyrrole nitrogens is 1. The Balaban J connectivity index is 2.49. The fraction of sp³-hybridized carbons (Fsp3) is 0.100. The van der Waals surface area contributed by atoms with Crippen molar-refractivity contribution in [2.24, 2.45) is 0 Å². The molecule has 0 saturated carbocycles. The maximum atomic E-state index is 10.6. The van der Waals surface area contributed by atoms with Crippen molar-refractivity contribution in [1.29, 1.82) is 0 Å². The SMILES string of the molecule is Cc1ccc(-c2c[nH]nc2[N+](=O)[O-])cc1. The highest BCUT2D eigenvalue weighted by Crippen LogP contribution is 2.27. The molecule has 0 spiro atoms. The van der Waals surface area contributed by atoms with Gasteiger partial charge in [-0.15, -0.1) is 0 Å². The number of nitrogens with one attached hydrogen (secondary N) is 1. The topological polar surface area (TPSA) is 71.8 Å². The second kappa shape index (κ2) is 3.53. The second-order valence-corrected chi connectivity index (χ2v) is 3.25. The van der Waals surface area contributed by atoms with E-state index in [0.717, 1.165) is 11.1 Å². The first-order valence-corrected chi connectivity index (χ1v) is 4.43. The number of aromatic nitrogens is 2. The van der Waals surface area contributed by atoms with E-state index in [2.05, 4.69) is 10.2 Å². The van der Waals surface area contributed by atoms with Crippen LogP contribution in [0.2, 0.25) is 0 Å². The maximum Gasteiger partial charge on any atom is 0.397 e. The lowest BCUT2D eigenvalue weighted by molar-refractivity contribution is -0.388. The molecular formula is C10H9N3O2. The molecule has 0 fully saturated rings. The highest BCUT2D eigenvalue weighted by Gasteiger charge is 2.18. The molecule has 0 atom stereocenters. The van der Waals surface area contributed by atoms with Crippen LogP contribution in [0.5, 0.6) is 0 Å². The molecule has 0 aliphatic rings. The molecule has 0 aliphatic carbocycles. The summed E-state index contributed by atoms with van der Waals surface area (Å²) in [6.45, 7) is 1.97. The van der Waals surface area contributed by atoms with Gasteiger partial charge in [-0.05, 0) is 17.4 Å². The van der Waals surface area contributed by atoms with E-state index in [1.54, 1.807) is 0 Å².